The average molecular weight is 370 g/mol. The first-order valence-electron chi connectivity index (χ1n) is 7.56. The highest BCUT2D eigenvalue weighted by Crippen LogP contribution is 2.44. The summed E-state index contributed by atoms with van der Waals surface area (Å²) >= 11 is 2.64. The van der Waals surface area contributed by atoms with Gasteiger partial charge in [0.15, 0.2) is 5.17 Å². The summed E-state index contributed by atoms with van der Waals surface area (Å²) < 4.78 is 0. The van der Waals surface area contributed by atoms with E-state index in [-0.39, 0.29) is 11.8 Å². The molecule has 8 heteroatoms. The van der Waals surface area contributed by atoms with Crippen LogP contribution >= 0.6 is 23.1 Å². The molecule has 1 aromatic carbocycles. The highest BCUT2D eigenvalue weighted by atomic mass is 32.2. The summed E-state index contributed by atoms with van der Waals surface area (Å²) in [4.78, 5) is 37.7. The number of carbonyl (C=O) groups excluding carboxylic acids is 2. The van der Waals surface area contributed by atoms with E-state index in [1.54, 1.807) is 19.0 Å². The predicted molar refractivity (Wildman–Crippen MR) is 101 cm³/mol. The minimum atomic E-state index is -0.217. The molecule has 2 aromatic rings. The number of likely N-dealkylation sites (N-methyl/N-ethyl adjacent to an activating group) is 2. The first-order valence-corrected chi connectivity index (χ1v) is 9.25. The maximum absolute atomic E-state index is 12.7. The number of anilines is 1. The van der Waals surface area contributed by atoms with Crippen LogP contribution in [0.2, 0.25) is 0 Å². The van der Waals surface area contributed by atoms with E-state index in [1.807, 2.05) is 36.6 Å². The van der Waals surface area contributed by atoms with Gasteiger partial charge < -0.3 is 4.90 Å². The second-order valence-electron chi connectivity index (χ2n) is 5.72. The van der Waals surface area contributed by atoms with Crippen molar-refractivity contribution in [3.05, 3.63) is 45.8 Å². The molecule has 1 saturated heterocycles. The standard InChI is InChI=1S/C17H14N4O2S2/c1-9-8-24-16(18-9)19-17-21(3)15(23)13(25-17)12-10-6-4-5-7-11(10)20(2)14(12)22/h4-8H,1-3H3/b13-12-,19-17+. The monoisotopic (exact) mass is 370 g/mol. The number of thiazole rings is 1. The molecule has 0 aliphatic carbocycles. The molecule has 1 fully saturated rings. The molecule has 0 spiro atoms. The number of carbonyl (C=O) groups is 2. The number of benzene rings is 1. The topological polar surface area (TPSA) is 65.9 Å². The normalized spacial score (nSPS) is 21.6. The van der Waals surface area contributed by atoms with Crippen LogP contribution in [-0.2, 0) is 9.59 Å². The Bertz CT molecular complexity index is 977. The molecular weight excluding hydrogens is 356 g/mol. The average Bonchev–Trinajstić information content (AvgIpc) is 3.21. The number of amidine groups is 1. The Morgan fingerprint density at radius 3 is 2.56 bits per heavy atom. The third kappa shape index (κ3) is 2.49. The summed E-state index contributed by atoms with van der Waals surface area (Å²) in [6.07, 6.45) is 0. The Morgan fingerprint density at radius 1 is 1.08 bits per heavy atom. The number of hydrogen-bond acceptors (Lipinski definition) is 6. The Balaban J connectivity index is 1.81. The van der Waals surface area contributed by atoms with Crippen LogP contribution in [0, 0.1) is 6.92 Å². The molecule has 0 N–H and O–H groups in total. The Labute approximate surface area is 152 Å². The summed E-state index contributed by atoms with van der Waals surface area (Å²) in [5, 5.41) is 3.04. The smallest absolute Gasteiger partial charge is 0.267 e. The van der Waals surface area contributed by atoms with Crippen LogP contribution in [-0.4, -0.2) is 41.0 Å². The van der Waals surface area contributed by atoms with E-state index in [1.165, 1.54) is 28.0 Å². The van der Waals surface area contributed by atoms with Gasteiger partial charge >= 0.3 is 0 Å². The number of amides is 2. The van der Waals surface area contributed by atoms with Crippen LogP contribution in [0.3, 0.4) is 0 Å². The molecule has 2 aliphatic rings. The van der Waals surface area contributed by atoms with Gasteiger partial charge in [-0.15, -0.1) is 11.3 Å². The zero-order chi connectivity index (χ0) is 17.7. The lowest BCUT2D eigenvalue weighted by atomic mass is 10.1. The fourth-order valence-corrected chi connectivity index (χ4v) is 4.54. The van der Waals surface area contributed by atoms with Crippen molar-refractivity contribution in [1.82, 2.24) is 9.88 Å². The van der Waals surface area contributed by atoms with Gasteiger partial charge in [-0.3, -0.25) is 14.5 Å². The summed E-state index contributed by atoms with van der Waals surface area (Å²) in [6, 6.07) is 7.49. The molecule has 0 saturated carbocycles. The quantitative estimate of drug-likeness (QED) is 0.724. The third-order valence-electron chi connectivity index (χ3n) is 4.06. The lowest BCUT2D eigenvalue weighted by Gasteiger charge is -2.08. The number of nitrogens with zero attached hydrogens (tertiary/aromatic N) is 4. The molecule has 0 radical (unpaired) electrons. The van der Waals surface area contributed by atoms with Crippen LogP contribution in [0.1, 0.15) is 11.3 Å². The largest absolute Gasteiger partial charge is 0.311 e. The number of aromatic nitrogens is 1. The predicted octanol–water partition coefficient (Wildman–Crippen LogP) is 3.03. The third-order valence-corrected chi connectivity index (χ3v) is 6.04. The van der Waals surface area contributed by atoms with Crippen molar-refractivity contribution in [3.63, 3.8) is 0 Å². The van der Waals surface area contributed by atoms with Crippen molar-refractivity contribution in [2.24, 2.45) is 4.99 Å². The lowest BCUT2D eigenvalue weighted by Crippen LogP contribution is -2.25. The number of hydrogen-bond donors (Lipinski definition) is 0. The van der Waals surface area contributed by atoms with Gasteiger partial charge in [0.05, 0.1) is 21.9 Å². The highest BCUT2D eigenvalue weighted by molar-refractivity contribution is 8.18. The van der Waals surface area contributed by atoms with E-state index >= 15 is 0 Å². The van der Waals surface area contributed by atoms with Gasteiger partial charge in [-0.2, -0.15) is 4.99 Å². The van der Waals surface area contributed by atoms with E-state index in [0.29, 0.717) is 20.8 Å². The van der Waals surface area contributed by atoms with Crippen LogP contribution in [0.4, 0.5) is 10.8 Å². The van der Waals surface area contributed by atoms with Gasteiger partial charge in [-0.05, 0) is 24.8 Å². The molecule has 0 atom stereocenters. The van der Waals surface area contributed by atoms with Crippen molar-refractivity contribution in [2.45, 2.75) is 6.92 Å². The minimum Gasteiger partial charge on any atom is -0.311 e. The van der Waals surface area contributed by atoms with Gasteiger partial charge in [0, 0.05) is 25.0 Å². The van der Waals surface area contributed by atoms with Gasteiger partial charge in [-0.1, -0.05) is 18.2 Å². The molecule has 3 heterocycles. The van der Waals surface area contributed by atoms with Crippen molar-refractivity contribution < 1.29 is 9.59 Å². The van der Waals surface area contributed by atoms with E-state index in [4.69, 9.17) is 0 Å². The molecule has 25 heavy (non-hydrogen) atoms. The molecule has 1 aromatic heterocycles. The van der Waals surface area contributed by atoms with E-state index in [2.05, 4.69) is 9.98 Å². The second-order valence-corrected chi connectivity index (χ2v) is 7.53. The van der Waals surface area contributed by atoms with Crippen molar-refractivity contribution in [2.75, 3.05) is 19.0 Å². The van der Waals surface area contributed by atoms with Gasteiger partial charge in [0.2, 0.25) is 5.13 Å². The van der Waals surface area contributed by atoms with Crippen molar-refractivity contribution >= 4 is 56.5 Å². The van der Waals surface area contributed by atoms with Crippen molar-refractivity contribution in [1.29, 1.82) is 0 Å². The first kappa shape index (κ1) is 16.0. The fraction of sp³-hybridized carbons (Fsp3) is 0.176. The van der Waals surface area contributed by atoms with Gasteiger partial charge in [0.1, 0.15) is 0 Å². The fourth-order valence-electron chi connectivity index (χ4n) is 2.76. The molecule has 2 aliphatic heterocycles. The maximum Gasteiger partial charge on any atom is 0.267 e. The number of aryl methyl sites for hydroxylation is 1. The van der Waals surface area contributed by atoms with Gasteiger partial charge in [0.25, 0.3) is 11.8 Å². The minimum absolute atomic E-state index is 0.170. The number of thioether (sulfide) groups is 1. The lowest BCUT2D eigenvalue weighted by molar-refractivity contribution is -0.121. The van der Waals surface area contributed by atoms with Crippen LogP contribution < -0.4 is 4.90 Å². The Morgan fingerprint density at radius 2 is 1.84 bits per heavy atom. The second kappa shape index (κ2) is 5.82. The van der Waals surface area contributed by atoms with E-state index in [9.17, 15) is 9.59 Å². The maximum atomic E-state index is 12.7. The van der Waals surface area contributed by atoms with Crippen LogP contribution in [0.15, 0.2) is 39.5 Å². The zero-order valence-corrected chi connectivity index (χ0v) is 15.4. The van der Waals surface area contributed by atoms with E-state index < -0.39 is 0 Å². The molecule has 2 amide bonds. The Hall–Kier alpha value is -2.45. The zero-order valence-electron chi connectivity index (χ0n) is 13.8. The SMILES string of the molecule is Cc1csc(/N=C2/S/C(=C3\C(=O)N(C)c4ccccc43)C(=O)N2C)n1. The molecule has 126 valence electrons. The highest BCUT2D eigenvalue weighted by Gasteiger charge is 2.40. The number of fused-ring (bicyclic) bond motifs is 1. The summed E-state index contributed by atoms with van der Waals surface area (Å²) in [5.41, 5.74) is 2.93. The van der Waals surface area contributed by atoms with Crippen molar-refractivity contribution in [3.8, 4) is 0 Å². The molecule has 6 nitrogen and oxygen atoms in total. The summed E-state index contributed by atoms with van der Waals surface area (Å²) in [5.74, 6) is -0.387. The van der Waals surface area contributed by atoms with E-state index in [0.717, 1.165) is 16.9 Å². The van der Waals surface area contributed by atoms with Crippen LogP contribution in [0.25, 0.3) is 5.57 Å². The Kier molecular flexibility index (Phi) is 3.73. The van der Waals surface area contributed by atoms with Crippen LogP contribution in [0.5, 0.6) is 0 Å². The molecule has 4 rings (SSSR count). The molecule has 0 unspecified atom stereocenters. The van der Waals surface area contributed by atoms with Gasteiger partial charge in [-0.25, -0.2) is 4.98 Å². The number of para-hydroxylation sites is 1. The number of rotatable bonds is 1. The summed E-state index contributed by atoms with van der Waals surface area (Å²) in [7, 11) is 3.38. The summed E-state index contributed by atoms with van der Waals surface area (Å²) in [6.45, 7) is 1.90. The number of aliphatic imine (C=N–C) groups is 1. The molecular formula is C17H14N4O2S2. The first-order chi connectivity index (χ1) is 12.0. The molecule has 0 bridgehead atoms.